The summed E-state index contributed by atoms with van der Waals surface area (Å²) in [5.41, 5.74) is 21.1. The minimum Gasteiger partial charge on any atom is -0.309 e. The van der Waals surface area contributed by atoms with E-state index in [0.29, 0.717) is 0 Å². The average Bonchev–Trinajstić information content (AvgIpc) is 3.68. The molecule has 1 nitrogen and oxygen atoms in total. The summed E-state index contributed by atoms with van der Waals surface area (Å²) in [5, 5.41) is 0. The maximum atomic E-state index is 2.52. The van der Waals surface area contributed by atoms with E-state index in [1.807, 2.05) is 0 Å². The molecule has 0 bridgehead atoms. The van der Waals surface area contributed by atoms with E-state index in [2.05, 4.69) is 207 Å². The first-order valence-corrected chi connectivity index (χ1v) is 18.2. The lowest BCUT2D eigenvalue weighted by molar-refractivity contribution is 0.794. The van der Waals surface area contributed by atoms with Gasteiger partial charge in [-0.3, -0.25) is 0 Å². The SMILES string of the molecule is Cc1cc(-c2ccccc2)ccc1N(c1ccc(-c2ccccc2)cc1C)c1cccc2c1-c1ccccc1C21c2ccccc2-c2ccccc21. The van der Waals surface area contributed by atoms with Gasteiger partial charge in [-0.25, -0.2) is 0 Å². The van der Waals surface area contributed by atoms with Crippen molar-refractivity contribution in [1.82, 2.24) is 0 Å². The van der Waals surface area contributed by atoms with Crippen LogP contribution >= 0.6 is 0 Å². The Bertz CT molecular complexity index is 2520. The Balaban J connectivity index is 1.25. The Morgan fingerprint density at radius 2 is 0.750 bits per heavy atom. The third-order valence-electron chi connectivity index (χ3n) is 11.3. The molecule has 2 aliphatic carbocycles. The number of rotatable bonds is 5. The van der Waals surface area contributed by atoms with Crippen LogP contribution in [0, 0.1) is 13.8 Å². The standard InChI is InChI=1S/C51H37N/c1-34-32-38(36-16-5-3-6-17-36)28-30-47(34)52(48-31-29-39(33-35(48)2)37-18-7-4-8-19-37)49-27-15-26-46-50(49)42-22-11-14-25-45(42)51(46)43-23-12-9-20-40(43)41-21-10-13-24-44(41)51/h3-33H,1-2H3. The van der Waals surface area contributed by atoms with Gasteiger partial charge in [0.15, 0.2) is 0 Å². The minimum absolute atomic E-state index is 0.404. The van der Waals surface area contributed by atoms with Crippen molar-refractivity contribution < 1.29 is 0 Å². The normalized spacial score (nSPS) is 13.0. The lowest BCUT2D eigenvalue weighted by Gasteiger charge is -2.33. The van der Waals surface area contributed by atoms with Gasteiger partial charge in [-0.2, -0.15) is 0 Å². The van der Waals surface area contributed by atoms with E-state index in [9.17, 15) is 0 Å². The molecule has 0 unspecified atom stereocenters. The number of hydrogen-bond acceptors (Lipinski definition) is 1. The lowest BCUT2D eigenvalue weighted by Crippen LogP contribution is -2.26. The van der Waals surface area contributed by atoms with Crippen molar-refractivity contribution in [2.75, 3.05) is 4.90 Å². The predicted molar refractivity (Wildman–Crippen MR) is 218 cm³/mol. The van der Waals surface area contributed by atoms with E-state index in [-0.39, 0.29) is 0 Å². The molecule has 8 aromatic rings. The average molecular weight is 664 g/mol. The van der Waals surface area contributed by atoms with Crippen LogP contribution in [0.4, 0.5) is 17.1 Å². The van der Waals surface area contributed by atoms with Crippen LogP contribution in [0.15, 0.2) is 188 Å². The van der Waals surface area contributed by atoms with Crippen molar-refractivity contribution in [3.63, 3.8) is 0 Å². The highest BCUT2D eigenvalue weighted by Crippen LogP contribution is 2.64. The Morgan fingerprint density at radius 1 is 0.327 bits per heavy atom. The topological polar surface area (TPSA) is 3.24 Å². The van der Waals surface area contributed by atoms with Gasteiger partial charge in [0.05, 0.1) is 11.1 Å². The summed E-state index contributed by atoms with van der Waals surface area (Å²) in [6.45, 7) is 4.51. The third kappa shape index (κ3) is 4.36. The summed E-state index contributed by atoms with van der Waals surface area (Å²) >= 11 is 0. The summed E-state index contributed by atoms with van der Waals surface area (Å²) in [4.78, 5) is 2.52. The zero-order chi connectivity index (χ0) is 34.8. The molecule has 0 heterocycles. The number of anilines is 3. The molecular weight excluding hydrogens is 627 g/mol. The van der Waals surface area contributed by atoms with E-state index in [0.717, 1.165) is 0 Å². The second-order valence-corrected chi connectivity index (χ2v) is 14.2. The van der Waals surface area contributed by atoms with E-state index in [1.54, 1.807) is 0 Å². The van der Waals surface area contributed by atoms with Gasteiger partial charge in [0.2, 0.25) is 0 Å². The first-order chi connectivity index (χ1) is 25.6. The van der Waals surface area contributed by atoms with Gasteiger partial charge in [0.25, 0.3) is 0 Å². The summed E-state index contributed by atoms with van der Waals surface area (Å²) in [6.07, 6.45) is 0. The van der Waals surface area contributed by atoms with Crippen LogP contribution in [0.1, 0.15) is 33.4 Å². The van der Waals surface area contributed by atoms with Gasteiger partial charge < -0.3 is 4.90 Å². The van der Waals surface area contributed by atoms with Crippen molar-refractivity contribution in [2.24, 2.45) is 0 Å². The molecule has 1 spiro atoms. The first kappa shape index (κ1) is 30.4. The van der Waals surface area contributed by atoms with Gasteiger partial charge >= 0.3 is 0 Å². The fourth-order valence-corrected chi connectivity index (χ4v) is 9.13. The van der Waals surface area contributed by atoms with Crippen LogP contribution < -0.4 is 4.90 Å². The highest BCUT2D eigenvalue weighted by atomic mass is 15.1. The zero-order valence-electron chi connectivity index (χ0n) is 29.3. The smallest absolute Gasteiger partial charge is 0.0726 e. The van der Waals surface area contributed by atoms with E-state index >= 15 is 0 Å². The largest absolute Gasteiger partial charge is 0.309 e. The molecule has 0 aromatic heterocycles. The highest BCUT2D eigenvalue weighted by molar-refractivity contribution is 6.01. The second kappa shape index (κ2) is 11.8. The zero-order valence-corrected chi connectivity index (χ0v) is 29.3. The fraction of sp³-hybridized carbons (Fsp3) is 0.0588. The molecule has 0 atom stereocenters. The minimum atomic E-state index is -0.404. The molecule has 246 valence electrons. The quantitative estimate of drug-likeness (QED) is 0.177. The van der Waals surface area contributed by atoms with Gasteiger partial charge in [-0.15, -0.1) is 0 Å². The van der Waals surface area contributed by atoms with E-state index in [4.69, 9.17) is 0 Å². The summed E-state index contributed by atoms with van der Waals surface area (Å²) in [7, 11) is 0. The van der Waals surface area contributed by atoms with E-state index in [1.165, 1.54) is 95.0 Å². The molecule has 0 saturated heterocycles. The van der Waals surface area contributed by atoms with Crippen LogP contribution in [0.3, 0.4) is 0 Å². The molecule has 0 amide bonds. The van der Waals surface area contributed by atoms with Crippen LogP contribution in [0.2, 0.25) is 0 Å². The van der Waals surface area contributed by atoms with Crippen molar-refractivity contribution in [2.45, 2.75) is 19.3 Å². The van der Waals surface area contributed by atoms with Crippen LogP contribution in [0.25, 0.3) is 44.5 Å². The van der Waals surface area contributed by atoms with Gasteiger partial charge in [-0.05, 0) is 117 Å². The fourth-order valence-electron chi connectivity index (χ4n) is 9.13. The number of aryl methyl sites for hydroxylation is 2. The Kier molecular flexibility index (Phi) is 6.91. The van der Waals surface area contributed by atoms with Crippen molar-refractivity contribution in [1.29, 1.82) is 0 Å². The maximum Gasteiger partial charge on any atom is 0.0726 e. The van der Waals surface area contributed by atoms with Crippen molar-refractivity contribution in [3.8, 4) is 44.5 Å². The Hall–Kier alpha value is -6.44. The molecule has 2 aliphatic rings. The molecule has 0 radical (unpaired) electrons. The molecule has 52 heavy (non-hydrogen) atoms. The van der Waals surface area contributed by atoms with E-state index < -0.39 is 5.41 Å². The summed E-state index contributed by atoms with van der Waals surface area (Å²) in [6, 6.07) is 69.4. The molecule has 0 aliphatic heterocycles. The molecule has 1 heteroatoms. The molecule has 0 fully saturated rings. The molecular formula is C51H37N. The van der Waals surface area contributed by atoms with Gasteiger partial charge in [0.1, 0.15) is 0 Å². The molecule has 0 N–H and O–H groups in total. The van der Waals surface area contributed by atoms with Crippen LogP contribution in [-0.4, -0.2) is 0 Å². The van der Waals surface area contributed by atoms with Crippen LogP contribution in [0.5, 0.6) is 0 Å². The highest BCUT2D eigenvalue weighted by Gasteiger charge is 2.52. The monoisotopic (exact) mass is 663 g/mol. The Morgan fingerprint density at radius 3 is 1.25 bits per heavy atom. The van der Waals surface area contributed by atoms with Crippen LogP contribution in [-0.2, 0) is 5.41 Å². The summed E-state index contributed by atoms with van der Waals surface area (Å²) < 4.78 is 0. The number of benzene rings is 8. The second-order valence-electron chi connectivity index (χ2n) is 14.2. The number of fused-ring (bicyclic) bond motifs is 10. The van der Waals surface area contributed by atoms with Gasteiger partial charge in [-0.1, -0.05) is 158 Å². The maximum absolute atomic E-state index is 2.52. The Labute approximate surface area is 306 Å². The molecule has 8 aromatic carbocycles. The van der Waals surface area contributed by atoms with Crippen molar-refractivity contribution >= 4 is 17.1 Å². The van der Waals surface area contributed by atoms with Gasteiger partial charge in [0, 0.05) is 16.9 Å². The molecule has 0 saturated carbocycles. The molecule has 10 rings (SSSR count). The van der Waals surface area contributed by atoms with Crippen molar-refractivity contribution in [3.05, 3.63) is 221 Å². The first-order valence-electron chi connectivity index (χ1n) is 18.2. The number of nitrogens with zero attached hydrogens (tertiary/aromatic N) is 1. The third-order valence-corrected chi connectivity index (χ3v) is 11.3. The predicted octanol–water partition coefficient (Wildman–Crippen LogP) is 13.5. The lowest BCUT2D eigenvalue weighted by atomic mass is 9.70. The number of hydrogen-bond donors (Lipinski definition) is 0. The summed E-state index contributed by atoms with van der Waals surface area (Å²) in [5.74, 6) is 0.